The maximum absolute atomic E-state index is 12.0. The Kier molecular flexibility index (Phi) is 5.80. The molecule has 4 N–H and O–H groups in total. The fraction of sp³-hybridized carbons (Fsp3) is 0.438. The molecule has 7 heteroatoms. The summed E-state index contributed by atoms with van der Waals surface area (Å²) in [4.78, 5) is 22.6. The maximum atomic E-state index is 12.0. The minimum atomic E-state index is -0.746. The molecule has 1 saturated carbocycles. The quantitative estimate of drug-likeness (QED) is 0.790. The number of rotatable bonds is 4. The third-order valence-corrected chi connectivity index (χ3v) is 3.89. The highest BCUT2D eigenvalue weighted by Gasteiger charge is 2.23. The predicted octanol–water partition coefficient (Wildman–Crippen LogP) is 2.33. The highest BCUT2D eigenvalue weighted by atomic mass is 16.5. The van der Waals surface area contributed by atoms with Crippen molar-refractivity contribution in [2.24, 2.45) is 11.7 Å². The van der Waals surface area contributed by atoms with Crippen LogP contribution >= 0.6 is 0 Å². The van der Waals surface area contributed by atoms with E-state index in [-0.39, 0.29) is 12.1 Å². The molecule has 0 atom stereocenters. The summed E-state index contributed by atoms with van der Waals surface area (Å²) in [6.45, 7) is 0.342. The summed E-state index contributed by atoms with van der Waals surface area (Å²) in [5.74, 6) is 0.302. The van der Waals surface area contributed by atoms with E-state index in [0.717, 1.165) is 25.7 Å². The van der Waals surface area contributed by atoms with Crippen LogP contribution in [0, 0.1) is 17.2 Å². The lowest BCUT2D eigenvalue weighted by molar-refractivity contribution is 0.120. The molecule has 1 aliphatic carbocycles. The van der Waals surface area contributed by atoms with Crippen LogP contribution in [-0.2, 0) is 4.74 Å². The van der Waals surface area contributed by atoms with Gasteiger partial charge in [0, 0.05) is 11.7 Å². The number of benzene rings is 1. The number of anilines is 1. The van der Waals surface area contributed by atoms with Crippen molar-refractivity contribution in [2.45, 2.75) is 31.7 Å². The normalized spacial score (nSPS) is 20.1. The summed E-state index contributed by atoms with van der Waals surface area (Å²) in [6, 6.07) is 8.60. The summed E-state index contributed by atoms with van der Waals surface area (Å²) in [6.07, 6.45) is 2.67. The van der Waals surface area contributed by atoms with Gasteiger partial charge in [-0.3, -0.25) is 0 Å². The molecule has 1 aliphatic rings. The van der Waals surface area contributed by atoms with Crippen molar-refractivity contribution in [3.05, 3.63) is 29.8 Å². The summed E-state index contributed by atoms with van der Waals surface area (Å²) in [5.41, 5.74) is 6.04. The van der Waals surface area contributed by atoms with Gasteiger partial charge in [-0.25, -0.2) is 9.59 Å². The molecule has 0 unspecified atom stereocenters. The highest BCUT2D eigenvalue weighted by molar-refractivity contribution is 5.89. The topological polar surface area (TPSA) is 117 Å². The first-order valence-electron chi connectivity index (χ1n) is 7.56. The third kappa shape index (κ3) is 5.51. The number of primary amides is 1. The highest BCUT2D eigenvalue weighted by Crippen LogP contribution is 2.24. The number of urea groups is 1. The lowest BCUT2D eigenvalue weighted by atomic mass is 9.86. The van der Waals surface area contributed by atoms with Gasteiger partial charge in [0.05, 0.1) is 18.2 Å². The van der Waals surface area contributed by atoms with Gasteiger partial charge in [0.1, 0.15) is 0 Å². The maximum Gasteiger partial charge on any atom is 0.404 e. The molecule has 1 aromatic rings. The van der Waals surface area contributed by atoms with Crippen LogP contribution in [0.3, 0.4) is 0 Å². The van der Waals surface area contributed by atoms with Gasteiger partial charge >= 0.3 is 12.1 Å². The molecule has 0 aliphatic heterocycles. The van der Waals surface area contributed by atoms with Crippen LogP contribution in [0.4, 0.5) is 15.3 Å². The van der Waals surface area contributed by atoms with E-state index in [9.17, 15) is 9.59 Å². The van der Waals surface area contributed by atoms with Gasteiger partial charge in [-0.1, -0.05) is 6.07 Å². The standard InChI is InChI=1S/C16H20N4O3/c17-9-12-2-1-3-14(8-12)20-16(22)19-13-6-4-11(5-7-13)10-23-15(18)21/h1-3,8,11,13H,4-7,10H2,(H2,18,21)(H2,19,20,22)/t11-,13+. The Hall–Kier alpha value is -2.75. The second-order valence-corrected chi connectivity index (χ2v) is 5.64. The lowest BCUT2D eigenvalue weighted by Crippen LogP contribution is -2.40. The van der Waals surface area contributed by atoms with Crippen molar-refractivity contribution in [3.8, 4) is 6.07 Å². The molecule has 23 heavy (non-hydrogen) atoms. The molecule has 0 radical (unpaired) electrons. The van der Waals surface area contributed by atoms with Gasteiger partial charge in [-0.2, -0.15) is 5.26 Å². The van der Waals surface area contributed by atoms with Gasteiger partial charge in [0.2, 0.25) is 0 Å². The predicted molar refractivity (Wildman–Crippen MR) is 84.6 cm³/mol. The van der Waals surface area contributed by atoms with E-state index in [1.807, 2.05) is 6.07 Å². The summed E-state index contributed by atoms with van der Waals surface area (Å²) in [5, 5.41) is 14.5. The smallest absolute Gasteiger partial charge is 0.404 e. The van der Waals surface area contributed by atoms with Gasteiger partial charge in [-0.15, -0.1) is 0 Å². The van der Waals surface area contributed by atoms with Crippen LogP contribution in [0.5, 0.6) is 0 Å². The van der Waals surface area contributed by atoms with Gasteiger partial charge in [0.25, 0.3) is 0 Å². The number of nitrogens with one attached hydrogen (secondary N) is 2. The first kappa shape index (κ1) is 16.6. The number of nitrogens with two attached hydrogens (primary N) is 1. The average Bonchev–Trinajstić information content (AvgIpc) is 2.54. The second-order valence-electron chi connectivity index (χ2n) is 5.64. The van der Waals surface area contributed by atoms with Crippen molar-refractivity contribution in [1.29, 1.82) is 5.26 Å². The van der Waals surface area contributed by atoms with Crippen LogP contribution in [0.1, 0.15) is 31.2 Å². The molecule has 122 valence electrons. The Morgan fingerprint density at radius 3 is 2.70 bits per heavy atom. The molecule has 1 fully saturated rings. The zero-order valence-corrected chi connectivity index (χ0v) is 12.7. The Morgan fingerprint density at radius 1 is 1.30 bits per heavy atom. The minimum absolute atomic E-state index is 0.0963. The first-order valence-corrected chi connectivity index (χ1v) is 7.56. The van der Waals surface area contributed by atoms with Crippen molar-refractivity contribution < 1.29 is 14.3 Å². The largest absolute Gasteiger partial charge is 0.449 e. The van der Waals surface area contributed by atoms with Crippen LogP contribution in [-0.4, -0.2) is 24.8 Å². The number of hydrogen-bond donors (Lipinski definition) is 3. The molecule has 0 aromatic heterocycles. The summed E-state index contributed by atoms with van der Waals surface area (Å²) < 4.78 is 4.81. The second kappa shape index (κ2) is 8.03. The van der Waals surface area contributed by atoms with Gasteiger partial charge < -0.3 is 21.1 Å². The van der Waals surface area contributed by atoms with E-state index in [4.69, 9.17) is 15.7 Å². The summed E-state index contributed by atoms with van der Waals surface area (Å²) >= 11 is 0. The van der Waals surface area contributed by atoms with Crippen LogP contribution in [0.15, 0.2) is 24.3 Å². The number of carbonyl (C=O) groups excluding carboxylic acids is 2. The van der Waals surface area contributed by atoms with E-state index < -0.39 is 6.09 Å². The third-order valence-electron chi connectivity index (χ3n) is 3.89. The molecule has 0 spiro atoms. The van der Waals surface area contributed by atoms with E-state index >= 15 is 0 Å². The van der Waals surface area contributed by atoms with E-state index in [2.05, 4.69) is 10.6 Å². The van der Waals surface area contributed by atoms with Crippen molar-refractivity contribution in [1.82, 2.24) is 5.32 Å². The molecule has 7 nitrogen and oxygen atoms in total. The molecular formula is C16H20N4O3. The number of ether oxygens (including phenoxy) is 1. The molecule has 3 amide bonds. The fourth-order valence-electron chi connectivity index (χ4n) is 2.69. The fourth-order valence-corrected chi connectivity index (χ4v) is 2.69. The molecule has 0 heterocycles. The number of amides is 3. The molecular weight excluding hydrogens is 296 g/mol. The molecule has 0 saturated heterocycles. The Labute approximate surface area is 134 Å². The number of nitriles is 1. The van der Waals surface area contributed by atoms with Crippen molar-refractivity contribution in [3.63, 3.8) is 0 Å². The van der Waals surface area contributed by atoms with Crippen LogP contribution in [0.2, 0.25) is 0 Å². The Balaban J connectivity index is 1.74. The van der Waals surface area contributed by atoms with E-state index in [1.165, 1.54) is 0 Å². The minimum Gasteiger partial charge on any atom is -0.449 e. The van der Waals surface area contributed by atoms with E-state index in [0.29, 0.717) is 23.8 Å². The van der Waals surface area contributed by atoms with Crippen molar-refractivity contribution in [2.75, 3.05) is 11.9 Å². The number of carbonyl (C=O) groups is 2. The zero-order valence-electron chi connectivity index (χ0n) is 12.7. The summed E-state index contributed by atoms with van der Waals surface area (Å²) in [7, 11) is 0. The van der Waals surface area contributed by atoms with Crippen LogP contribution < -0.4 is 16.4 Å². The monoisotopic (exact) mass is 316 g/mol. The molecule has 2 rings (SSSR count). The number of nitrogens with zero attached hydrogens (tertiary/aromatic N) is 1. The first-order chi connectivity index (χ1) is 11.1. The van der Waals surface area contributed by atoms with Crippen LogP contribution in [0.25, 0.3) is 0 Å². The lowest BCUT2D eigenvalue weighted by Gasteiger charge is -2.28. The Morgan fingerprint density at radius 2 is 2.04 bits per heavy atom. The number of hydrogen-bond acceptors (Lipinski definition) is 4. The van der Waals surface area contributed by atoms with Gasteiger partial charge in [-0.05, 0) is 49.8 Å². The van der Waals surface area contributed by atoms with E-state index in [1.54, 1.807) is 24.3 Å². The average molecular weight is 316 g/mol. The van der Waals surface area contributed by atoms with Crippen molar-refractivity contribution >= 4 is 17.8 Å². The Bertz CT molecular complexity index is 604. The molecule has 1 aromatic carbocycles. The zero-order chi connectivity index (χ0) is 16.7. The van der Waals surface area contributed by atoms with Gasteiger partial charge in [0.15, 0.2) is 0 Å². The molecule has 0 bridgehead atoms. The SMILES string of the molecule is N#Cc1cccc(NC(=O)N[C@H]2CC[C@@H](COC(N)=O)CC2)c1.